The number of carbonyl (C=O) groups excluding carboxylic acids is 1. The molecule has 38 heavy (non-hydrogen) atoms. The zero-order chi connectivity index (χ0) is 26.9. The number of likely N-dealkylation sites (tertiary alicyclic amines) is 1. The smallest absolute Gasteiger partial charge is 0.438 e. The van der Waals surface area contributed by atoms with Crippen LogP contribution in [0.15, 0.2) is 41.1 Å². The number of carbonyl (C=O) groups is 1. The SMILES string of the molecule is O=C(COc1nccnc1C(F)(F)F)N1CCC(c2nc(C3=NOC(c4c(Cl)cccc4Cl)C3)cs2)CC1. The molecule has 1 fully saturated rings. The molecule has 0 spiro atoms. The Morgan fingerprint density at radius 3 is 2.58 bits per heavy atom. The van der Waals surface area contributed by atoms with Gasteiger partial charge in [0.25, 0.3) is 5.91 Å². The molecule has 0 bridgehead atoms. The molecule has 14 heteroatoms. The van der Waals surface area contributed by atoms with Crippen molar-refractivity contribution in [2.45, 2.75) is 37.5 Å². The number of rotatable bonds is 6. The molecule has 0 saturated carbocycles. The Bertz CT molecular complexity index is 1340. The van der Waals surface area contributed by atoms with Crippen LogP contribution in [0.5, 0.6) is 5.88 Å². The van der Waals surface area contributed by atoms with Crippen LogP contribution in [0.25, 0.3) is 0 Å². The zero-order valence-electron chi connectivity index (χ0n) is 19.6. The molecule has 0 radical (unpaired) electrons. The highest BCUT2D eigenvalue weighted by atomic mass is 35.5. The van der Waals surface area contributed by atoms with Gasteiger partial charge in [-0.05, 0) is 25.0 Å². The number of amides is 1. The summed E-state index contributed by atoms with van der Waals surface area (Å²) in [6.07, 6.45) is -1.29. The van der Waals surface area contributed by atoms with E-state index in [-0.39, 0.29) is 12.0 Å². The molecule has 8 nitrogen and oxygen atoms in total. The lowest BCUT2D eigenvalue weighted by atomic mass is 9.97. The molecule has 1 aromatic carbocycles. The molecule has 1 unspecified atom stereocenters. The van der Waals surface area contributed by atoms with E-state index in [0.717, 1.165) is 23.1 Å². The Morgan fingerprint density at radius 2 is 1.87 bits per heavy atom. The number of alkyl halides is 3. The number of aromatic nitrogens is 3. The van der Waals surface area contributed by atoms with Gasteiger partial charge < -0.3 is 14.5 Å². The van der Waals surface area contributed by atoms with E-state index >= 15 is 0 Å². The van der Waals surface area contributed by atoms with Crippen LogP contribution in [0.3, 0.4) is 0 Å². The van der Waals surface area contributed by atoms with E-state index < -0.39 is 30.3 Å². The first-order chi connectivity index (χ1) is 18.2. The van der Waals surface area contributed by atoms with Crippen LogP contribution in [0, 0.1) is 0 Å². The van der Waals surface area contributed by atoms with Crippen molar-refractivity contribution < 1.29 is 27.5 Å². The van der Waals surface area contributed by atoms with Gasteiger partial charge in [0, 0.05) is 58.8 Å². The van der Waals surface area contributed by atoms with Crippen LogP contribution in [0.2, 0.25) is 10.0 Å². The number of hydrogen-bond acceptors (Lipinski definition) is 8. The van der Waals surface area contributed by atoms with Crippen LogP contribution in [0.4, 0.5) is 13.2 Å². The second-order valence-electron chi connectivity index (χ2n) is 8.69. The molecular weight excluding hydrogens is 566 g/mol. The summed E-state index contributed by atoms with van der Waals surface area (Å²) in [6, 6.07) is 5.28. The molecule has 0 aliphatic carbocycles. The van der Waals surface area contributed by atoms with E-state index in [1.54, 1.807) is 23.1 Å². The second-order valence-corrected chi connectivity index (χ2v) is 10.4. The fourth-order valence-corrected chi connectivity index (χ4v) is 5.97. The zero-order valence-corrected chi connectivity index (χ0v) is 21.9. The van der Waals surface area contributed by atoms with Crippen LogP contribution >= 0.6 is 34.5 Å². The molecular formula is C24H20Cl2F3N5O3S. The highest BCUT2D eigenvalue weighted by Crippen LogP contribution is 2.39. The van der Waals surface area contributed by atoms with Crippen molar-refractivity contribution in [3.63, 3.8) is 0 Å². The summed E-state index contributed by atoms with van der Waals surface area (Å²) in [5.74, 6) is -0.979. The number of ether oxygens (including phenoxy) is 1. The van der Waals surface area contributed by atoms with Crippen molar-refractivity contribution in [2.24, 2.45) is 5.16 Å². The second kappa shape index (κ2) is 11.0. The first-order valence-electron chi connectivity index (χ1n) is 11.6. The van der Waals surface area contributed by atoms with Crippen molar-refractivity contribution in [3.05, 3.63) is 68.0 Å². The normalized spacial score (nSPS) is 18.3. The lowest BCUT2D eigenvalue weighted by Crippen LogP contribution is -2.40. The van der Waals surface area contributed by atoms with E-state index in [2.05, 4.69) is 15.1 Å². The average Bonchev–Trinajstić information content (AvgIpc) is 3.57. The van der Waals surface area contributed by atoms with Gasteiger partial charge in [-0.25, -0.2) is 15.0 Å². The fraction of sp³-hybridized carbons (Fsp3) is 0.375. The Labute approximate surface area is 229 Å². The van der Waals surface area contributed by atoms with Gasteiger partial charge >= 0.3 is 6.18 Å². The quantitative estimate of drug-likeness (QED) is 0.357. The van der Waals surface area contributed by atoms with Crippen molar-refractivity contribution in [2.75, 3.05) is 19.7 Å². The molecule has 4 heterocycles. The molecule has 5 rings (SSSR count). The molecule has 1 atom stereocenters. The molecule has 2 aliphatic rings. The summed E-state index contributed by atoms with van der Waals surface area (Å²) in [6.45, 7) is 0.321. The predicted octanol–water partition coefficient (Wildman–Crippen LogP) is 5.91. The average molecular weight is 586 g/mol. The summed E-state index contributed by atoms with van der Waals surface area (Å²) < 4.78 is 44.2. The minimum absolute atomic E-state index is 0.146. The maximum atomic E-state index is 13.1. The van der Waals surface area contributed by atoms with Gasteiger partial charge in [-0.15, -0.1) is 11.3 Å². The lowest BCUT2D eigenvalue weighted by molar-refractivity contribution is -0.144. The van der Waals surface area contributed by atoms with Crippen molar-refractivity contribution >= 4 is 46.2 Å². The van der Waals surface area contributed by atoms with Crippen molar-refractivity contribution in [3.8, 4) is 5.88 Å². The van der Waals surface area contributed by atoms with Gasteiger partial charge in [-0.3, -0.25) is 4.79 Å². The Hall–Kier alpha value is -2.96. The number of hydrogen-bond donors (Lipinski definition) is 0. The van der Waals surface area contributed by atoms with Gasteiger partial charge in [0.15, 0.2) is 12.7 Å². The first kappa shape index (κ1) is 26.6. The lowest BCUT2D eigenvalue weighted by Gasteiger charge is -2.31. The highest BCUT2D eigenvalue weighted by molar-refractivity contribution is 7.10. The number of benzene rings is 1. The predicted molar refractivity (Wildman–Crippen MR) is 135 cm³/mol. The monoisotopic (exact) mass is 585 g/mol. The summed E-state index contributed by atoms with van der Waals surface area (Å²) in [5.41, 5.74) is 0.872. The van der Waals surface area contributed by atoms with Gasteiger partial charge in [0.1, 0.15) is 5.71 Å². The van der Waals surface area contributed by atoms with Crippen LogP contribution < -0.4 is 4.74 Å². The summed E-state index contributed by atoms with van der Waals surface area (Å²) in [7, 11) is 0. The van der Waals surface area contributed by atoms with Gasteiger partial charge in [0.05, 0.1) is 10.7 Å². The van der Waals surface area contributed by atoms with Gasteiger partial charge in [-0.2, -0.15) is 13.2 Å². The molecule has 0 N–H and O–H groups in total. The molecule has 2 aliphatic heterocycles. The van der Waals surface area contributed by atoms with Crippen molar-refractivity contribution in [1.82, 2.24) is 19.9 Å². The third-order valence-corrected chi connectivity index (χ3v) is 7.94. The van der Waals surface area contributed by atoms with E-state index in [1.807, 2.05) is 5.38 Å². The molecule has 1 amide bonds. The molecule has 2 aromatic heterocycles. The van der Waals surface area contributed by atoms with E-state index in [1.165, 1.54) is 11.3 Å². The maximum absolute atomic E-state index is 13.1. The Kier molecular flexibility index (Phi) is 7.73. The summed E-state index contributed by atoms with van der Waals surface area (Å²) >= 11 is 14.1. The third-order valence-electron chi connectivity index (χ3n) is 6.27. The number of piperidine rings is 1. The fourth-order valence-electron chi connectivity index (χ4n) is 4.33. The topological polar surface area (TPSA) is 89.8 Å². The highest BCUT2D eigenvalue weighted by Gasteiger charge is 2.38. The minimum Gasteiger partial charge on any atom is -0.466 e. The van der Waals surface area contributed by atoms with Gasteiger partial charge in [-0.1, -0.05) is 34.4 Å². The summed E-state index contributed by atoms with van der Waals surface area (Å²) in [5, 5.41) is 8.09. The van der Waals surface area contributed by atoms with E-state index in [9.17, 15) is 18.0 Å². The van der Waals surface area contributed by atoms with Gasteiger partial charge in [0.2, 0.25) is 11.6 Å². The maximum Gasteiger partial charge on any atom is 0.438 e. The number of oxime groups is 1. The number of nitrogens with zero attached hydrogens (tertiary/aromatic N) is 5. The molecule has 1 saturated heterocycles. The Morgan fingerprint density at radius 1 is 1.16 bits per heavy atom. The molecule has 3 aromatic rings. The van der Waals surface area contributed by atoms with E-state index in [0.29, 0.717) is 53.7 Å². The third kappa shape index (κ3) is 5.71. The standard InChI is InChI=1S/C24H20Cl2F3N5O3S/c25-14-2-1-3-15(26)20(14)18-10-16(33-37-18)17-12-38-23(32-17)13-4-8-34(9-5-13)19(35)11-36-22-21(24(27,28)29)30-6-7-31-22/h1-3,6-7,12-13,18H,4-5,8-11H2. The summed E-state index contributed by atoms with van der Waals surface area (Å²) in [4.78, 5) is 31.3. The van der Waals surface area contributed by atoms with Crippen molar-refractivity contribution in [1.29, 1.82) is 0 Å². The Balaban J connectivity index is 1.14. The first-order valence-corrected chi connectivity index (χ1v) is 13.3. The van der Waals surface area contributed by atoms with Crippen LogP contribution in [0.1, 0.15) is 53.2 Å². The number of halogens is 5. The minimum atomic E-state index is -4.73. The number of thiazole rings is 1. The van der Waals surface area contributed by atoms with Crippen LogP contribution in [-0.4, -0.2) is 51.2 Å². The van der Waals surface area contributed by atoms with E-state index in [4.69, 9.17) is 37.8 Å². The molecule has 200 valence electrons. The largest absolute Gasteiger partial charge is 0.466 e. The van der Waals surface area contributed by atoms with Crippen LogP contribution in [-0.2, 0) is 15.8 Å².